The molecule has 2 atom stereocenters. The Morgan fingerprint density at radius 3 is 2.51 bits per heavy atom. The van der Waals surface area contributed by atoms with Crippen LogP contribution in [0.15, 0.2) is 42.6 Å². The number of rotatable bonds is 5. The number of nitro benzene ring substituents is 1. The van der Waals surface area contributed by atoms with Crippen LogP contribution >= 0.6 is 0 Å². The van der Waals surface area contributed by atoms with Gasteiger partial charge < -0.3 is 15.2 Å². The first-order chi connectivity index (χ1) is 16.5. The van der Waals surface area contributed by atoms with Crippen LogP contribution in [0.3, 0.4) is 0 Å². The number of Topliss-reactive ketones (excluding diaryl/α,β-unsaturated/α-hetero) is 1. The number of ketones is 1. The summed E-state index contributed by atoms with van der Waals surface area (Å²) in [5, 5.41) is 43.1. The van der Waals surface area contributed by atoms with Crippen molar-refractivity contribution in [3.05, 3.63) is 90.8 Å². The number of hydrogen-bond acceptors (Lipinski definition) is 9. The molecule has 1 aliphatic heterocycles. The zero-order valence-electron chi connectivity index (χ0n) is 18.3. The Balaban J connectivity index is 1.76. The van der Waals surface area contributed by atoms with Crippen molar-refractivity contribution < 1.29 is 29.3 Å². The highest BCUT2D eigenvalue weighted by atomic mass is 16.6. The molecule has 1 amide bonds. The van der Waals surface area contributed by atoms with Crippen LogP contribution < -0.4 is 10.1 Å². The number of aromatic amines is 1. The van der Waals surface area contributed by atoms with Gasteiger partial charge >= 0.3 is 5.69 Å². The predicted octanol–water partition coefficient (Wildman–Crippen LogP) is 2.41. The number of nitrogens with zero attached hydrogens (tertiary/aromatic N) is 3. The maximum atomic E-state index is 13.9. The van der Waals surface area contributed by atoms with Crippen LogP contribution in [0.2, 0.25) is 0 Å². The fraction of sp³-hybridized carbons (Fsp3) is 0.227. The van der Waals surface area contributed by atoms with E-state index in [9.17, 15) is 34.9 Å². The van der Waals surface area contributed by atoms with E-state index in [1.54, 1.807) is 12.1 Å². The minimum absolute atomic E-state index is 0.0476. The largest absolute Gasteiger partial charge is 0.454 e. The normalized spacial score (nSPS) is 21.8. The van der Waals surface area contributed by atoms with Gasteiger partial charge in [-0.25, -0.2) is 0 Å². The number of ether oxygens (including phenoxy) is 1. The summed E-state index contributed by atoms with van der Waals surface area (Å²) in [6.07, 6.45) is 0.892. The molecule has 2 aliphatic rings. The molecule has 1 aliphatic carbocycles. The molecule has 1 aromatic heterocycles. The van der Waals surface area contributed by atoms with Crippen molar-refractivity contribution >= 4 is 23.1 Å². The molecule has 35 heavy (non-hydrogen) atoms. The molecule has 13 heteroatoms. The predicted molar refractivity (Wildman–Crippen MR) is 117 cm³/mol. The zero-order valence-corrected chi connectivity index (χ0v) is 18.3. The Bertz CT molecular complexity index is 1460. The van der Waals surface area contributed by atoms with Gasteiger partial charge in [0, 0.05) is 17.2 Å². The van der Waals surface area contributed by atoms with E-state index in [0.717, 1.165) is 17.8 Å². The quantitative estimate of drug-likeness (QED) is 0.364. The molecule has 13 nitrogen and oxygen atoms in total. The Kier molecular flexibility index (Phi) is 4.54. The smallest absolute Gasteiger partial charge is 0.319 e. The SMILES string of the molecule is CC(C)c1ccc2c(c1)OC1(O)c3cccc([N+](=O)[O-])c3C(=O)C21NC(=O)c1n[nH]cc1[N+](=O)[O-]. The van der Waals surface area contributed by atoms with E-state index in [-0.39, 0.29) is 22.8 Å². The molecule has 2 unspecified atom stereocenters. The number of nitrogens with one attached hydrogen (secondary N) is 2. The van der Waals surface area contributed by atoms with E-state index in [4.69, 9.17) is 4.74 Å². The molecule has 3 aromatic rings. The van der Waals surface area contributed by atoms with E-state index >= 15 is 0 Å². The molecule has 0 bridgehead atoms. The maximum Gasteiger partial charge on any atom is 0.319 e. The summed E-state index contributed by atoms with van der Waals surface area (Å²) in [7, 11) is 0. The van der Waals surface area contributed by atoms with Gasteiger partial charge in [0.25, 0.3) is 17.4 Å². The van der Waals surface area contributed by atoms with Crippen molar-refractivity contribution in [3.63, 3.8) is 0 Å². The van der Waals surface area contributed by atoms with E-state index < -0.39 is 55.5 Å². The number of aliphatic hydroxyl groups is 1. The fourth-order valence-electron chi connectivity index (χ4n) is 4.67. The second kappa shape index (κ2) is 7.17. The lowest BCUT2D eigenvalue weighted by atomic mass is 9.82. The Morgan fingerprint density at radius 1 is 1.14 bits per heavy atom. The standard InChI is InChI=1S/C22H17N5O8/c1-10(2)11-6-7-12-16(8-11)35-22(30)13-4-3-5-14(26(31)32)17(13)19(28)21(12,22)24-20(29)18-15(27(33)34)9-23-25-18/h3-10,30H,1-2H3,(H,23,25)(H,24,29). The minimum Gasteiger partial charge on any atom is -0.454 e. The molecular formula is C22H17N5O8. The Morgan fingerprint density at radius 2 is 1.86 bits per heavy atom. The van der Waals surface area contributed by atoms with Crippen molar-refractivity contribution in [1.29, 1.82) is 0 Å². The van der Waals surface area contributed by atoms with E-state index in [0.29, 0.717) is 0 Å². The highest BCUT2D eigenvalue weighted by Crippen LogP contribution is 2.59. The van der Waals surface area contributed by atoms with Gasteiger partial charge in [0.1, 0.15) is 17.5 Å². The van der Waals surface area contributed by atoms with Crippen LogP contribution in [-0.4, -0.2) is 36.8 Å². The lowest BCUT2D eigenvalue weighted by Gasteiger charge is -2.34. The first kappa shape index (κ1) is 22.2. The van der Waals surface area contributed by atoms with Crippen molar-refractivity contribution in [2.24, 2.45) is 0 Å². The number of aromatic nitrogens is 2. The third-order valence-electron chi connectivity index (χ3n) is 6.35. The van der Waals surface area contributed by atoms with Gasteiger partial charge in [-0.1, -0.05) is 38.1 Å². The number of carbonyl (C=O) groups excluding carboxylic acids is 2. The average molecular weight is 479 g/mol. The van der Waals surface area contributed by atoms with Crippen LogP contribution in [0.1, 0.15) is 57.3 Å². The first-order valence-electron chi connectivity index (χ1n) is 10.4. The molecule has 3 N–H and O–H groups in total. The van der Waals surface area contributed by atoms with Crippen LogP contribution in [0.4, 0.5) is 11.4 Å². The Labute approximate surface area is 196 Å². The molecule has 5 rings (SSSR count). The minimum atomic E-state index is -2.57. The highest BCUT2D eigenvalue weighted by molar-refractivity contribution is 6.15. The van der Waals surface area contributed by atoms with E-state index in [1.807, 2.05) is 13.8 Å². The van der Waals surface area contributed by atoms with E-state index in [1.165, 1.54) is 18.2 Å². The van der Waals surface area contributed by atoms with Gasteiger partial charge in [0.2, 0.25) is 17.0 Å². The van der Waals surface area contributed by atoms with Gasteiger partial charge in [-0.15, -0.1) is 0 Å². The zero-order chi connectivity index (χ0) is 25.3. The summed E-state index contributed by atoms with van der Waals surface area (Å²) in [6.45, 7) is 3.84. The molecule has 0 radical (unpaired) electrons. The van der Waals surface area contributed by atoms with Crippen molar-refractivity contribution in [2.45, 2.75) is 31.1 Å². The summed E-state index contributed by atoms with van der Waals surface area (Å²) in [5.41, 5.74) is -4.04. The van der Waals surface area contributed by atoms with Crippen LogP contribution in [0, 0.1) is 20.2 Å². The summed E-state index contributed by atoms with van der Waals surface area (Å²) >= 11 is 0. The highest BCUT2D eigenvalue weighted by Gasteiger charge is 2.73. The fourth-order valence-corrected chi connectivity index (χ4v) is 4.67. The third kappa shape index (κ3) is 2.75. The Hall–Kier alpha value is -4.65. The van der Waals surface area contributed by atoms with Gasteiger partial charge in [0.15, 0.2) is 0 Å². The number of hydrogen-bond donors (Lipinski definition) is 3. The number of carbonyl (C=O) groups is 2. The van der Waals surface area contributed by atoms with Gasteiger partial charge in [-0.3, -0.25) is 34.9 Å². The van der Waals surface area contributed by atoms with Gasteiger partial charge in [-0.05, 0) is 17.5 Å². The number of fused-ring (bicyclic) bond motifs is 5. The molecular weight excluding hydrogens is 462 g/mol. The summed E-state index contributed by atoms with van der Waals surface area (Å²) in [4.78, 5) is 48.5. The van der Waals surface area contributed by atoms with Crippen LogP contribution in [-0.2, 0) is 11.3 Å². The van der Waals surface area contributed by atoms with Crippen LogP contribution in [0.5, 0.6) is 5.75 Å². The molecule has 0 fully saturated rings. The molecule has 0 spiro atoms. The van der Waals surface area contributed by atoms with Crippen molar-refractivity contribution in [1.82, 2.24) is 15.5 Å². The monoisotopic (exact) mass is 479 g/mol. The second-order valence-corrected chi connectivity index (χ2v) is 8.52. The summed E-state index contributed by atoms with van der Waals surface area (Å²) in [6, 6.07) is 8.43. The molecule has 0 saturated carbocycles. The lowest BCUT2D eigenvalue weighted by Crippen LogP contribution is -2.60. The van der Waals surface area contributed by atoms with E-state index in [2.05, 4.69) is 15.5 Å². The molecule has 0 saturated heterocycles. The summed E-state index contributed by atoms with van der Waals surface area (Å²) in [5.74, 6) is -4.58. The maximum absolute atomic E-state index is 13.9. The first-order valence-corrected chi connectivity index (χ1v) is 10.4. The van der Waals surface area contributed by atoms with Gasteiger partial charge in [-0.2, -0.15) is 5.10 Å². The van der Waals surface area contributed by atoms with Crippen LogP contribution in [0.25, 0.3) is 0 Å². The van der Waals surface area contributed by atoms with Crippen molar-refractivity contribution in [3.8, 4) is 5.75 Å². The summed E-state index contributed by atoms with van der Waals surface area (Å²) < 4.78 is 5.88. The van der Waals surface area contributed by atoms with Gasteiger partial charge in [0.05, 0.1) is 9.85 Å². The molecule has 2 aromatic carbocycles. The molecule has 2 heterocycles. The number of benzene rings is 2. The molecule has 178 valence electrons. The lowest BCUT2D eigenvalue weighted by molar-refractivity contribution is -0.385. The third-order valence-corrected chi connectivity index (χ3v) is 6.35. The average Bonchev–Trinajstić information content (AvgIpc) is 3.44. The van der Waals surface area contributed by atoms with Crippen molar-refractivity contribution in [2.75, 3.05) is 0 Å². The second-order valence-electron chi connectivity index (χ2n) is 8.52. The number of nitro groups is 2. The topological polar surface area (TPSA) is 191 Å². The number of amides is 1. The number of H-pyrrole nitrogens is 1.